The zero-order valence-electron chi connectivity index (χ0n) is 7.80. The maximum atomic E-state index is 10.3. The third-order valence-corrected chi connectivity index (χ3v) is 2.35. The number of rotatable bonds is 4. The van der Waals surface area contributed by atoms with Crippen molar-refractivity contribution in [2.45, 2.75) is 19.6 Å². The van der Waals surface area contributed by atoms with Gasteiger partial charge >= 0.3 is 0 Å². The summed E-state index contributed by atoms with van der Waals surface area (Å²) in [6.07, 6.45) is -0.458. The highest BCUT2D eigenvalue weighted by Gasteiger charge is 2.05. The standard InChI is InChI=1S/C9H13NO3S/c1-7(13-14(11)12)9-4-2-8(6-10)3-5-9/h2-5,7H,6,10H2,1H3,(H,11,12)/p-1. The summed E-state index contributed by atoms with van der Waals surface area (Å²) in [5.41, 5.74) is 7.24. The van der Waals surface area contributed by atoms with E-state index in [1.807, 2.05) is 12.1 Å². The molecule has 1 aromatic carbocycles. The molecule has 1 rings (SSSR count). The molecular weight excluding hydrogens is 202 g/mol. The Morgan fingerprint density at radius 3 is 2.50 bits per heavy atom. The van der Waals surface area contributed by atoms with Gasteiger partial charge < -0.3 is 10.3 Å². The van der Waals surface area contributed by atoms with Crippen molar-refractivity contribution >= 4 is 11.4 Å². The molecule has 0 radical (unpaired) electrons. The third kappa shape index (κ3) is 3.19. The fraction of sp³-hybridized carbons (Fsp3) is 0.333. The number of hydrogen-bond acceptors (Lipinski definition) is 4. The van der Waals surface area contributed by atoms with Crippen LogP contribution in [0.5, 0.6) is 0 Å². The van der Waals surface area contributed by atoms with E-state index in [2.05, 4.69) is 4.18 Å². The third-order valence-electron chi connectivity index (χ3n) is 1.91. The summed E-state index contributed by atoms with van der Waals surface area (Å²) in [7, 11) is 0. The molecule has 14 heavy (non-hydrogen) atoms. The molecule has 0 spiro atoms. The van der Waals surface area contributed by atoms with Gasteiger partial charge in [0.25, 0.3) is 0 Å². The molecule has 0 saturated carbocycles. The molecule has 2 atom stereocenters. The molecule has 4 nitrogen and oxygen atoms in total. The average Bonchev–Trinajstić information content (AvgIpc) is 2.17. The quantitative estimate of drug-likeness (QED) is 0.759. The minimum Gasteiger partial charge on any atom is -0.750 e. The number of nitrogens with two attached hydrogens (primary N) is 1. The Bertz CT molecular complexity index is 312. The van der Waals surface area contributed by atoms with E-state index in [0.29, 0.717) is 6.54 Å². The second-order valence-corrected chi connectivity index (χ2v) is 3.49. The van der Waals surface area contributed by atoms with Gasteiger partial charge in [0.2, 0.25) is 0 Å². The van der Waals surface area contributed by atoms with Crippen LogP contribution < -0.4 is 5.73 Å². The summed E-state index contributed by atoms with van der Waals surface area (Å²) in [5, 5.41) is 0. The molecule has 5 heteroatoms. The van der Waals surface area contributed by atoms with Gasteiger partial charge in [-0.25, -0.2) is 4.21 Å². The number of hydrogen-bond donors (Lipinski definition) is 1. The topological polar surface area (TPSA) is 75.4 Å². The van der Waals surface area contributed by atoms with E-state index in [1.165, 1.54) is 0 Å². The van der Waals surface area contributed by atoms with Crippen molar-refractivity contribution in [1.29, 1.82) is 0 Å². The van der Waals surface area contributed by atoms with Crippen LogP contribution in [0.3, 0.4) is 0 Å². The Morgan fingerprint density at radius 2 is 2.07 bits per heavy atom. The van der Waals surface area contributed by atoms with E-state index in [0.717, 1.165) is 11.1 Å². The lowest BCUT2D eigenvalue weighted by Gasteiger charge is -2.14. The van der Waals surface area contributed by atoms with Gasteiger partial charge in [0.05, 0.1) is 17.5 Å². The highest BCUT2D eigenvalue weighted by molar-refractivity contribution is 7.74. The largest absolute Gasteiger partial charge is 0.750 e. The van der Waals surface area contributed by atoms with E-state index in [1.54, 1.807) is 19.1 Å². The molecule has 0 heterocycles. The van der Waals surface area contributed by atoms with Gasteiger partial charge in [0.1, 0.15) is 0 Å². The molecule has 0 saturated heterocycles. The smallest absolute Gasteiger partial charge is 0.0959 e. The molecule has 0 aromatic heterocycles. The second kappa shape index (κ2) is 5.21. The summed E-state index contributed by atoms with van der Waals surface area (Å²) in [4.78, 5) is 0. The first-order valence-electron chi connectivity index (χ1n) is 4.18. The van der Waals surface area contributed by atoms with Crippen molar-refractivity contribution in [3.8, 4) is 0 Å². The van der Waals surface area contributed by atoms with Crippen LogP contribution in [0, 0.1) is 0 Å². The Kier molecular flexibility index (Phi) is 4.21. The van der Waals surface area contributed by atoms with Gasteiger partial charge in [0.15, 0.2) is 0 Å². The van der Waals surface area contributed by atoms with E-state index in [9.17, 15) is 8.76 Å². The average molecular weight is 214 g/mol. The van der Waals surface area contributed by atoms with Gasteiger partial charge in [-0.3, -0.25) is 4.18 Å². The summed E-state index contributed by atoms with van der Waals surface area (Å²) in [6, 6.07) is 7.31. The van der Waals surface area contributed by atoms with Gasteiger partial charge in [-0.2, -0.15) is 0 Å². The maximum Gasteiger partial charge on any atom is 0.0959 e. The summed E-state index contributed by atoms with van der Waals surface area (Å²) >= 11 is -2.48. The minimum absolute atomic E-state index is 0.458. The van der Waals surface area contributed by atoms with Crippen molar-refractivity contribution in [3.63, 3.8) is 0 Å². The Labute approximate surface area is 85.6 Å². The fourth-order valence-electron chi connectivity index (χ4n) is 1.10. The lowest BCUT2D eigenvalue weighted by atomic mass is 10.1. The van der Waals surface area contributed by atoms with Gasteiger partial charge in [-0.15, -0.1) is 0 Å². The first-order valence-corrected chi connectivity index (χ1v) is 5.18. The first-order chi connectivity index (χ1) is 6.63. The van der Waals surface area contributed by atoms with Crippen LogP contribution in [-0.2, 0) is 22.1 Å². The van der Waals surface area contributed by atoms with Crippen LogP contribution in [0.1, 0.15) is 24.2 Å². The van der Waals surface area contributed by atoms with Gasteiger partial charge in [0, 0.05) is 6.54 Å². The normalized spacial score (nSPS) is 15.1. The summed E-state index contributed by atoms with van der Waals surface area (Å²) in [5.74, 6) is 0. The zero-order chi connectivity index (χ0) is 10.6. The van der Waals surface area contributed by atoms with Crippen molar-refractivity contribution in [2.75, 3.05) is 0 Å². The van der Waals surface area contributed by atoms with Crippen molar-refractivity contribution in [1.82, 2.24) is 0 Å². The molecule has 0 bridgehead atoms. The van der Waals surface area contributed by atoms with Crippen molar-refractivity contribution in [2.24, 2.45) is 5.73 Å². The molecule has 0 aliphatic carbocycles. The van der Waals surface area contributed by atoms with Gasteiger partial charge in [-0.1, -0.05) is 24.3 Å². The van der Waals surface area contributed by atoms with Crippen LogP contribution in [0.25, 0.3) is 0 Å². The van der Waals surface area contributed by atoms with Crippen LogP contribution in [-0.4, -0.2) is 8.76 Å². The maximum absolute atomic E-state index is 10.3. The molecule has 0 amide bonds. The Balaban J connectivity index is 2.71. The molecule has 78 valence electrons. The van der Waals surface area contributed by atoms with E-state index in [4.69, 9.17) is 5.73 Å². The molecule has 1 aromatic rings. The lowest BCUT2D eigenvalue weighted by molar-refractivity contribution is 0.223. The van der Waals surface area contributed by atoms with E-state index >= 15 is 0 Å². The highest BCUT2D eigenvalue weighted by Crippen LogP contribution is 2.17. The molecule has 0 aliphatic heterocycles. The summed E-state index contributed by atoms with van der Waals surface area (Å²) < 4.78 is 25.1. The first kappa shape index (κ1) is 11.3. The predicted octanol–water partition coefficient (Wildman–Crippen LogP) is 1.02. The van der Waals surface area contributed by atoms with Crippen LogP contribution >= 0.6 is 0 Å². The molecular formula is C9H12NO3S-. The lowest BCUT2D eigenvalue weighted by Crippen LogP contribution is -2.03. The van der Waals surface area contributed by atoms with Crippen molar-refractivity contribution < 1.29 is 12.9 Å². The Hall–Kier alpha value is -0.750. The minimum atomic E-state index is -2.48. The van der Waals surface area contributed by atoms with Crippen LogP contribution in [0.4, 0.5) is 0 Å². The second-order valence-electron chi connectivity index (χ2n) is 2.89. The van der Waals surface area contributed by atoms with Crippen LogP contribution in [0.2, 0.25) is 0 Å². The fourth-order valence-corrected chi connectivity index (χ4v) is 1.44. The van der Waals surface area contributed by atoms with E-state index in [-0.39, 0.29) is 0 Å². The van der Waals surface area contributed by atoms with Crippen molar-refractivity contribution in [3.05, 3.63) is 35.4 Å². The molecule has 2 N–H and O–H groups in total. The molecule has 2 unspecified atom stereocenters. The summed E-state index contributed by atoms with van der Waals surface area (Å²) in [6.45, 7) is 2.15. The highest BCUT2D eigenvalue weighted by atomic mass is 32.2. The Morgan fingerprint density at radius 1 is 1.50 bits per heavy atom. The monoisotopic (exact) mass is 214 g/mol. The molecule has 0 fully saturated rings. The predicted molar refractivity (Wildman–Crippen MR) is 52.8 cm³/mol. The number of benzene rings is 1. The van der Waals surface area contributed by atoms with E-state index < -0.39 is 17.5 Å². The van der Waals surface area contributed by atoms with Gasteiger partial charge in [-0.05, 0) is 18.1 Å². The SMILES string of the molecule is CC(OS(=O)[O-])c1ccc(CN)cc1. The van der Waals surface area contributed by atoms with Crippen LogP contribution in [0.15, 0.2) is 24.3 Å². The zero-order valence-corrected chi connectivity index (χ0v) is 8.62. The molecule has 0 aliphatic rings.